The lowest BCUT2D eigenvalue weighted by molar-refractivity contribution is 0.268. The van der Waals surface area contributed by atoms with Gasteiger partial charge in [0.2, 0.25) is 0 Å². The lowest BCUT2D eigenvalue weighted by Crippen LogP contribution is -2.25. The van der Waals surface area contributed by atoms with Gasteiger partial charge >= 0.3 is 0 Å². The molecule has 0 unspecified atom stereocenters. The van der Waals surface area contributed by atoms with Crippen LogP contribution in [0.2, 0.25) is 0 Å². The zero-order chi connectivity index (χ0) is 8.10. The number of rotatable bonds is 3. The monoisotopic (exact) mass is 154 g/mol. The van der Waals surface area contributed by atoms with Crippen molar-refractivity contribution in [2.75, 3.05) is 13.1 Å². The van der Waals surface area contributed by atoms with Gasteiger partial charge in [-0.15, -0.1) is 0 Å². The number of hydrogen-bond acceptors (Lipinski definition) is 2. The zero-order valence-corrected chi connectivity index (χ0v) is 7.64. The third kappa shape index (κ3) is 2.91. The molecular formula is C9H18N2. The highest BCUT2D eigenvalue weighted by molar-refractivity contribution is 5.81. The van der Waals surface area contributed by atoms with Crippen LogP contribution in [0.3, 0.4) is 0 Å². The van der Waals surface area contributed by atoms with E-state index in [0.29, 0.717) is 0 Å². The minimum Gasteiger partial charge on any atom is -0.297 e. The molecule has 0 N–H and O–H groups in total. The van der Waals surface area contributed by atoms with E-state index in [2.05, 4.69) is 24.0 Å². The largest absolute Gasteiger partial charge is 0.297 e. The number of hydrazone groups is 1. The summed E-state index contributed by atoms with van der Waals surface area (Å²) in [5.41, 5.74) is 1.30. The van der Waals surface area contributed by atoms with E-state index in [9.17, 15) is 0 Å². The first-order chi connectivity index (χ1) is 5.33. The van der Waals surface area contributed by atoms with Gasteiger partial charge in [-0.05, 0) is 26.2 Å². The molecule has 1 aliphatic heterocycles. The standard InChI is InChI=1S/C9H18N2/c1-3-4-7-11-8-5-6-9(2)10-11/h3-8H2,1-2H3. The highest BCUT2D eigenvalue weighted by atomic mass is 15.5. The van der Waals surface area contributed by atoms with Crippen LogP contribution in [0.4, 0.5) is 0 Å². The molecule has 0 saturated heterocycles. The summed E-state index contributed by atoms with van der Waals surface area (Å²) < 4.78 is 0. The molecule has 1 aliphatic rings. The predicted molar refractivity (Wildman–Crippen MR) is 48.8 cm³/mol. The molecule has 1 rings (SSSR count). The van der Waals surface area contributed by atoms with Crippen molar-refractivity contribution in [3.63, 3.8) is 0 Å². The van der Waals surface area contributed by atoms with Gasteiger partial charge in [0.1, 0.15) is 0 Å². The Balaban J connectivity index is 2.28. The smallest absolute Gasteiger partial charge is 0.0363 e. The van der Waals surface area contributed by atoms with Crippen LogP contribution in [0.25, 0.3) is 0 Å². The molecule has 0 fully saturated rings. The van der Waals surface area contributed by atoms with Crippen molar-refractivity contribution in [1.82, 2.24) is 5.01 Å². The summed E-state index contributed by atoms with van der Waals surface area (Å²) in [5, 5.41) is 6.68. The van der Waals surface area contributed by atoms with Crippen molar-refractivity contribution < 1.29 is 0 Å². The summed E-state index contributed by atoms with van der Waals surface area (Å²) in [5.74, 6) is 0. The maximum atomic E-state index is 4.47. The lowest BCUT2D eigenvalue weighted by atomic mass is 10.2. The van der Waals surface area contributed by atoms with Crippen LogP contribution in [0.5, 0.6) is 0 Å². The van der Waals surface area contributed by atoms with Crippen molar-refractivity contribution >= 4 is 5.71 Å². The van der Waals surface area contributed by atoms with E-state index < -0.39 is 0 Å². The van der Waals surface area contributed by atoms with Crippen molar-refractivity contribution in [3.05, 3.63) is 0 Å². The Morgan fingerprint density at radius 3 is 3.00 bits per heavy atom. The third-order valence-electron chi connectivity index (χ3n) is 2.04. The Hall–Kier alpha value is -0.530. The van der Waals surface area contributed by atoms with Crippen molar-refractivity contribution in [2.24, 2.45) is 5.10 Å². The van der Waals surface area contributed by atoms with Gasteiger partial charge in [-0.25, -0.2) is 0 Å². The van der Waals surface area contributed by atoms with Crippen LogP contribution in [0.1, 0.15) is 39.5 Å². The molecule has 0 aromatic rings. The van der Waals surface area contributed by atoms with E-state index in [1.165, 1.54) is 31.4 Å². The molecule has 0 aromatic heterocycles. The SMILES string of the molecule is CCCCN1CCCC(C)=N1. The summed E-state index contributed by atoms with van der Waals surface area (Å²) in [6.45, 7) is 6.66. The lowest BCUT2D eigenvalue weighted by Gasteiger charge is -2.23. The minimum atomic E-state index is 1.15. The minimum absolute atomic E-state index is 1.15. The number of nitrogens with zero attached hydrogens (tertiary/aromatic N) is 2. The Morgan fingerprint density at radius 2 is 2.36 bits per heavy atom. The van der Waals surface area contributed by atoms with Crippen molar-refractivity contribution in [2.45, 2.75) is 39.5 Å². The maximum Gasteiger partial charge on any atom is 0.0363 e. The maximum absolute atomic E-state index is 4.47. The highest BCUT2D eigenvalue weighted by Gasteiger charge is 2.06. The van der Waals surface area contributed by atoms with Crippen LogP contribution >= 0.6 is 0 Å². The zero-order valence-electron chi connectivity index (χ0n) is 7.64. The van der Waals surface area contributed by atoms with E-state index >= 15 is 0 Å². The van der Waals surface area contributed by atoms with Crippen molar-refractivity contribution in [3.8, 4) is 0 Å². The van der Waals surface area contributed by atoms with Crippen LogP contribution < -0.4 is 0 Å². The first-order valence-corrected chi connectivity index (χ1v) is 4.62. The Morgan fingerprint density at radius 1 is 1.55 bits per heavy atom. The quantitative estimate of drug-likeness (QED) is 0.608. The highest BCUT2D eigenvalue weighted by Crippen LogP contribution is 2.07. The molecule has 0 saturated carbocycles. The van der Waals surface area contributed by atoms with Crippen LogP contribution in [0.15, 0.2) is 5.10 Å². The molecule has 1 heterocycles. The topological polar surface area (TPSA) is 15.6 Å². The second kappa shape index (κ2) is 4.37. The van der Waals surface area contributed by atoms with Gasteiger partial charge in [0.05, 0.1) is 0 Å². The Kier molecular flexibility index (Phi) is 3.40. The summed E-state index contributed by atoms with van der Waals surface area (Å²) in [7, 11) is 0. The van der Waals surface area contributed by atoms with Gasteiger partial charge in [-0.2, -0.15) is 5.10 Å². The van der Waals surface area contributed by atoms with Crippen LogP contribution in [0, 0.1) is 0 Å². The van der Waals surface area contributed by atoms with Gasteiger partial charge in [0.15, 0.2) is 0 Å². The normalized spacial score (nSPS) is 18.4. The summed E-state index contributed by atoms with van der Waals surface area (Å²) in [6.07, 6.45) is 5.03. The average molecular weight is 154 g/mol. The second-order valence-electron chi connectivity index (χ2n) is 3.25. The fourth-order valence-corrected chi connectivity index (χ4v) is 1.36. The van der Waals surface area contributed by atoms with E-state index in [4.69, 9.17) is 0 Å². The first kappa shape index (κ1) is 8.57. The Bertz CT molecular complexity index is 140. The number of hydrogen-bond donors (Lipinski definition) is 0. The van der Waals surface area contributed by atoms with Crippen molar-refractivity contribution in [1.29, 1.82) is 0 Å². The molecule has 0 atom stereocenters. The molecule has 2 heteroatoms. The molecular weight excluding hydrogens is 136 g/mol. The molecule has 0 aliphatic carbocycles. The average Bonchev–Trinajstić information content (AvgIpc) is 2.01. The molecule has 2 nitrogen and oxygen atoms in total. The van der Waals surface area contributed by atoms with E-state index in [1.54, 1.807) is 0 Å². The van der Waals surface area contributed by atoms with Crippen LogP contribution in [-0.2, 0) is 0 Å². The van der Waals surface area contributed by atoms with Crippen LogP contribution in [-0.4, -0.2) is 23.8 Å². The van der Waals surface area contributed by atoms with Gasteiger partial charge in [0, 0.05) is 18.8 Å². The van der Waals surface area contributed by atoms with Gasteiger partial charge in [-0.1, -0.05) is 13.3 Å². The van der Waals surface area contributed by atoms with Gasteiger partial charge < -0.3 is 0 Å². The van der Waals surface area contributed by atoms with E-state index in [-0.39, 0.29) is 0 Å². The Labute approximate surface area is 69.3 Å². The molecule has 0 amide bonds. The second-order valence-corrected chi connectivity index (χ2v) is 3.25. The first-order valence-electron chi connectivity index (χ1n) is 4.62. The summed E-state index contributed by atoms with van der Waals surface area (Å²) in [4.78, 5) is 0. The molecule has 0 radical (unpaired) electrons. The molecule has 11 heavy (non-hydrogen) atoms. The number of unbranched alkanes of at least 4 members (excludes halogenated alkanes) is 1. The molecule has 64 valence electrons. The summed E-state index contributed by atoms with van der Waals surface area (Å²) in [6, 6.07) is 0. The summed E-state index contributed by atoms with van der Waals surface area (Å²) >= 11 is 0. The van der Waals surface area contributed by atoms with E-state index in [0.717, 1.165) is 13.1 Å². The van der Waals surface area contributed by atoms with Gasteiger partial charge in [-0.3, -0.25) is 5.01 Å². The fourth-order valence-electron chi connectivity index (χ4n) is 1.36. The third-order valence-corrected chi connectivity index (χ3v) is 2.04. The molecule has 0 spiro atoms. The predicted octanol–water partition coefficient (Wildman–Crippen LogP) is 2.26. The fraction of sp³-hybridized carbons (Fsp3) is 0.889. The van der Waals surface area contributed by atoms with Gasteiger partial charge in [0.25, 0.3) is 0 Å². The molecule has 0 bridgehead atoms. The molecule has 0 aromatic carbocycles. The van der Waals surface area contributed by atoms with E-state index in [1.807, 2.05) is 0 Å².